The van der Waals surface area contributed by atoms with E-state index in [1.807, 2.05) is 18.2 Å². The van der Waals surface area contributed by atoms with Crippen LogP contribution in [0.4, 0.5) is 5.69 Å². The number of hydrogen-bond acceptors (Lipinski definition) is 6. The Morgan fingerprint density at radius 1 is 1.24 bits per heavy atom. The third-order valence-electron chi connectivity index (χ3n) is 5.33. The lowest BCUT2D eigenvalue weighted by atomic mass is 10.0. The van der Waals surface area contributed by atoms with Crippen molar-refractivity contribution in [3.05, 3.63) is 57.6 Å². The summed E-state index contributed by atoms with van der Waals surface area (Å²) >= 11 is 0. The van der Waals surface area contributed by atoms with Gasteiger partial charge in [0, 0.05) is 12.6 Å². The summed E-state index contributed by atoms with van der Waals surface area (Å²) in [5, 5.41) is 11.1. The molecule has 4 rings (SSSR count). The van der Waals surface area contributed by atoms with Gasteiger partial charge in [-0.15, -0.1) is 0 Å². The van der Waals surface area contributed by atoms with Crippen LogP contribution in [0.5, 0.6) is 17.2 Å². The zero-order valence-electron chi connectivity index (χ0n) is 16.1. The molecule has 1 amide bonds. The molecule has 0 radical (unpaired) electrons. The van der Waals surface area contributed by atoms with E-state index in [-0.39, 0.29) is 24.2 Å². The Morgan fingerprint density at radius 3 is 2.83 bits per heavy atom. The van der Waals surface area contributed by atoms with E-state index in [4.69, 9.17) is 14.2 Å². The number of carbonyl (C=O) groups is 1. The van der Waals surface area contributed by atoms with Crippen LogP contribution in [0.25, 0.3) is 0 Å². The Hall–Kier alpha value is -3.29. The molecule has 0 aromatic heterocycles. The molecule has 2 aromatic carbocycles. The van der Waals surface area contributed by atoms with Gasteiger partial charge in [-0.3, -0.25) is 14.9 Å². The molecule has 152 valence electrons. The molecule has 0 N–H and O–H groups in total. The molecule has 0 aliphatic carbocycles. The number of nitro groups is 1. The van der Waals surface area contributed by atoms with E-state index in [1.165, 1.54) is 6.07 Å². The molecule has 0 spiro atoms. The zero-order chi connectivity index (χ0) is 20.4. The van der Waals surface area contributed by atoms with E-state index in [9.17, 15) is 14.9 Å². The zero-order valence-corrected chi connectivity index (χ0v) is 16.1. The smallest absolute Gasteiger partial charge is 0.276 e. The highest BCUT2D eigenvalue weighted by Crippen LogP contribution is 2.38. The van der Waals surface area contributed by atoms with Crippen LogP contribution in [0, 0.1) is 17.0 Å². The highest BCUT2D eigenvalue weighted by Gasteiger charge is 2.31. The van der Waals surface area contributed by atoms with Crippen LogP contribution < -0.4 is 14.2 Å². The summed E-state index contributed by atoms with van der Waals surface area (Å²) < 4.78 is 16.9. The van der Waals surface area contributed by atoms with Crippen molar-refractivity contribution >= 4 is 11.6 Å². The second kappa shape index (κ2) is 7.98. The van der Waals surface area contributed by atoms with Gasteiger partial charge in [0.25, 0.3) is 11.6 Å². The first kappa shape index (κ1) is 19.0. The molecule has 8 nitrogen and oxygen atoms in total. The first-order valence-electron chi connectivity index (χ1n) is 9.60. The van der Waals surface area contributed by atoms with Crippen molar-refractivity contribution in [2.75, 3.05) is 26.4 Å². The largest absolute Gasteiger partial charge is 0.486 e. The predicted molar refractivity (Wildman–Crippen MR) is 104 cm³/mol. The SMILES string of the molecule is Cc1c(OCC(=O)N2CCCC2c2ccc3c(c2)OCCO3)cccc1[N+](=O)[O-]. The minimum Gasteiger partial charge on any atom is -0.486 e. The molecular formula is C21H22N2O6. The van der Waals surface area contributed by atoms with Gasteiger partial charge in [0.1, 0.15) is 19.0 Å². The van der Waals surface area contributed by atoms with Crippen molar-refractivity contribution in [3.63, 3.8) is 0 Å². The second-order valence-electron chi connectivity index (χ2n) is 7.09. The van der Waals surface area contributed by atoms with Crippen LogP contribution in [-0.2, 0) is 4.79 Å². The number of ether oxygens (including phenoxy) is 3. The lowest BCUT2D eigenvalue weighted by molar-refractivity contribution is -0.385. The van der Waals surface area contributed by atoms with Crippen molar-refractivity contribution in [3.8, 4) is 17.2 Å². The molecule has 0 bridgehead atoms. The molecule has 0 saturated carbocycles. The van der Waals surface area contributed by atoms with Gasteiger partial charge in [-0.25, -0.2) is 0 Å². The quantitative estimate of drug-likeness (QED) is 0.566. The molecule has 29 heavy (non-hydrogen) atoms. The minimum atomic E-state index is -0.456. The highest BCUT2D eigenvalue weighted by molar-refractivity contribution is 5.78. The first-order chi connectivity index (χ1) is 14.0. The van der Waals surface area contributed by atoms with Gasteiger partial charge in [0.2, 0.25) is 0 Å². The van der Waals surface area contributed by atoms with Crippen molar-refractivity contribution in [1.82, 2.24) is 4.90 Å². The number of carbonyl (C=O) groups excluding carboxylic acids is 1. The van der Waals surface area contributed by atoms with Gasteiger partial charge >= 0.3 is 0 Å². The molecular weight excluding hydrogens is 376 g/mol. The summed E-state index contributed by atoms with van der Waals surface area (Å²) in [6.07, 6.45) is 1.77. The third-order valence-corrected chi connectivity index (χ3v) is 5.33. The Bertz CT molecular complexity index is 945. The van der Waals surface area contributed by atoms with Gasteiger partial charge in [-0.1, -0.05) is 12.1 Å². The number of hydrogen-bond donors (Lipinski definition) is 0. The minimum absolute atomic E-state index is 0.0229. The molecule has 8 heteroatoms. The topological polar surface area (TPSA) is 91.1 Å². The molecule has 1 atom stereocenters. The number of amides is 1. The van der Waals surface area contributed by atoms with E-state index >= 15 is 0 Å². The molecule has 1 unspecified atom stereocenters. The van der Waals surface area contributed by atoms with Crippen LogP contribution in [0.15, 0.2) is 36.4 Å². The maximum Gasteiger partial charge on any atom is 0.276 e. The number of fused-ring (bicyclic) bond motifs is 1. The third kappa shape index (κ3) is 3.83. The second-order valence-corrected chi connectivity index (χ2v) is 7.09. The lowest BCUT2D eigenvalue weighted by Crippen LogP contribution is -2.34. The van der Waals surface area contributed by atoms with E-state index in [1.54, 1.807) is 24.0 Å². The fourth-order valence-corrected chi connectivity index (χ4v) is 3.86. The molecule has 1 fully saturated rings. The molecule has 1 saturated heterocycles. The van der Waals surface area contributed by atoms with Crippen LogP contribution >= 0.6 is 0 Å². The van der Waals surface area contributed by atoms with Gasteiger partial charge in [0.05, 0.1) is 16.5 Å². The molecule has 2 aliphatic heterocycles. The standard InChI is InChI=1S/C21H22N2O6/c1-14-16(23(25)26)4-2-6-18(14)29-13-21(24)22-9-3-5-17(22)15-7-8-19-20(12-15)28-11-10-27-19/h2,4,6-8,12,17H,3,5,9-11,13H2,1H3. The van der Waals surface area contributed by atoms with Gasteiger partial charge in [-0.05, 0) is 43.5 Å². The Morgan fingerprint density at radius 2 is 2.03 bits per heavy atom. The van der Waals surface area contributed by atoms with Crippen molar-refractivity contribution in [2.45, 2.75) is 25.8 Å². The van der Waals surface area contributed by atoms with Crippen molar-refractivity contribution in [2.24, 2.45) is 0 Å². The summed E-state index contributed by atoms with van der Waals surface area (Å²) in [6, 6.07) is 10.4. The maximum atomic E-state index is 12.8. The van der Waals surface area contributed by atoms with E-state index in [0.29, 0.717) is 36.8 Å². The van der Waals surface area contributed by atoms with E-state index < -0.39 is 4.92 Å². The Balaban J connectivity index is 1.46. The first-order valence-corrected chi connectivity index (χ1v) is 9.60. The normalized spacial score (nSPS) is 17.8. The van der Waals surface area contributed by atoms with Gasteiger partial charge in [0.15, 0.2) is 18.1 Å². The van der Waals surface area contributed by atoms with Crippen molar-refractivity contribution in [1.29, 1.82) is 0 Å². The van der Waals surface area contributed by atoms with Gasteiger partial charge in [-0.2, -0.15) is 0 Å². The molecule has 2 aromatic rings. The average Bonchev–Trinajstić information content (AvgIpc) is 3.22. The van der Waals surface area contributed by atoms with Crippen LogP contribution in [0.3, 0.4) is 0 Å². The predicted octanol–water partition coefficient (Wildman–Crippen LogP) is 3.42. The Labute approximate surface area is 168 Å². The van der Waals surface area contributed by atoms with Crippen molar-refractivity contribution < 1.29 is 23.9 Å². The molecule has 2 heterocycles. The summed E-state index contributed by atoms with van der Waals surface area (Å²) in [7, 11) is 0. The average molecular weight is 398 g/mol. The van der Waals surface area contributed by atoms with E-state index in [0.717, 1.165) is 24.2 Å². The fourth-order valence-electron chi connectivity index (χ4n) is 3.86. The Kier molecular flexibility index (Phi) is 5.24. The number of benzene rings is 2. The number of nitrogens with zero attached hydrogens (tertiary/aromatic N) is 2. The monoisotopic (exact) mass is 398 g/mol. The number of rotatable bonds is 5. The van der Waals surface area contributed by atoms with Gasteiger partial charge < -0.3 is 19.1 Å². The van der Waals surface area contributed by atoms with E-state index in [2.05, 4.69) is 0 Å². The summed E-state index contributed by atoms with van der Waals surface area (Å²) in [5.41, 5.74) is 1.40. The summed E-state index contributed by atoms with van der Waals surface area (Å²) in [4.78, 5) is 25.3. The lowest BCUT2D eigenvalue weighted by Gasteiger charge is -2.27. The summed E-state index contributed by atoms with van der Waals surface area (Å²) in [5.74, 6) is 1.63. The molecule has 2 aliphatic rings. The van der Waals surface area contributed by atoms with Crippen LogP contribution in [0.1, 0.15) is 30.0 Å². The number of likely N-dealkylation sites (tertiary alicyclic amines) is 1. The fraction of sp³-hybridized carbons (Fsp3) is 0.381. The maximum absolute atomic E-state index is 12.8. The van der Waals surface area contributed by atoms with Crippen LogP contribution in [0.2, 0.25) is 0 Å². The van der Waals surface area contributed by atoms with Crippen LogP contribution in [-0.4, -0.2) is 42.1 Å². The number of nitro benzene ring substituents is 1. The highest BCUT2D eigenvalue weighted by atomic mass is 16.6. The summed E-state index contributed by atoms with van der Waals surface area (Å²) in [6.45, 7) is 3.15.